The van der Waals surface area contributed by atoms with Crippen molar-refractivity contribution in [3.8, 4) is 33.6 Å². The molecule has 0 radical (unpaired) electrons. The fourth-order valence-corrected chi connectivity index (χ4v) is 7.93. The largest absolute Gasteiger partial charge is 0.392 e. The van der Waals surface area contributed by atoms with Crippen LogP contribution in [0.15, 0.2) is 140 Å². The molecule has 3 aromatic heterocycles. The molecule has 1 N–H and O–H groups in total. The minimum Gasteiger partial charge on any atom is -0.392 e. The second-order valence-electron chi connectivity index (χ2n) is 12.4. The number of nitrogens with zero attached hydrogens (tertiary/aromatic N) is 4. The van der Waals surface area contributed by atoms with Gasteiger partial charge in [0.1, 0.15) is 11.0 Å². The average Bonchev–Trinajstić information content (AvgIpc) is 3.67. The zero-order valence-electron chi connectivity index (χ0n) is 26.1. The third-order valence-electron chi connectivity index (χ3n) is 9.73. The molecular formula is C43H26N4OS. The Bertz CT molecular complexity index is 2910. The molecule has 6 heteroatoms. The molecule has 0 fully saturated rings. The molecule has 0 saturated heterocycles. The van der Waals surface area contributed by atoms with Crippen molar-refractivity contribution < 1.29 is 5.11 Å². The van der Waals surface area contributed by atoms with E-state index >= 15 is 0 Å². The molecule has 0 aliphatic carbocycles. The second kappa shape index (κ2) is 11.0. The smallest absolute Gasteiger partial charge is 0.114 e. The molecule has 10 aromatic rings. The van der Waals surface area contributed by atoms with Gasteiger partial charge in [-0.3, -0.25) is 0 Å². The van der Waals surface area contributed by atoms with Crippen molar-refractivity contribution in [3.63, 3.8) is 0 Å². The van der Waals surface area contributed by atoms with Crippen LogP contribution in [0, 0.1) is 0 Å². The first-order valence-electron chi connectivity index (χ1n) is 16.2. The van der Waals surface area contributed by atoms with Gasteiger partial charge in [-0.05, 0) is 67.7 Å². The lowest BCUT2D eigenvalue weighted by Crippen LogP contribution is -1.94. The summed E-state index contributed by atoms with van der Waals surface area (Å²) in [7, 11) is 0. The van der Waals surface area contributed by atoms with Gasteiger partial charge >= 0.3 is 0 Å². The summed E-state index contributed by atoms with van der Waals surface area (Å²) in [5.41, 5.74) is 9.84. The maximum atomic E-state index is 9.96. The Morgan fingerprint density at radius 2 is 0.939 bits per heavy atom. The topological polar surface area (TPSA) is 71.8 Å². The van der Waals surface area contributed by atoms with Gasteiger partial charge in [0.2, 0.25) is 0 Å². The highest BCUT2D eigenvalue weighted by molar-refractivity contribution is 7.00. The Morgan fingerprint density at radius 3 is 1.59 bits per heavy atom. The zero-order chi connectivity index (χ0) is 32.5. The molecule has 3 heterocycles. The van der Waals surface area contributed by atoms with Gasteiger partial charge in [-0.25, -0.2) is 9.97 Å². The summed E-state index contributed by atoms with van der Waals surface area (Å²) in [5, 5.41) is 19.5. The number of hydrogen-bond donors (Lipinski definition) is 1. The van der Waals surface area contributed by atoms with Gasteiger partial charge in [0.05, 0.1) is 40.8 Å². The van der Waals surface area contributed by atoms with E-state index in [1.807, 2.05) is 30.3 Å². The first-order valence-corrected chi connectivity index (χ1v) is 17.0. The Balaban J connectivity index is 1.13. The third-order valence-corrected chi connectivity index (χ3v) is 10.3. The molecule has 49 heavy (non-hydrogen) atoms. The molecule has 7 aromatic carbocycles. The summed E-state index contributed by atoms with van der Waals surface area (Å²) < 4.78 is 9.62. The van der Waals surface area contributed by atoms with E-state index in [1.54, 1.807) is 0 Å². The summed E-state index contributed by atoms with van der Waals surface area (Å²) in [6, 6.07) is 48.6. The average molecular weight is 647 g/mol. The van der Waals surface area contributed by atoms with Crippen molar-refractivity contribution >= 4 is 76.9 Å². The van der Waals surface area contributed by atoms with E-state index in [-0.39, 0.29) is 6.61 Å². The predicted molar refractivity (Wildman–Crippen MR) is 203 cm³/mol. The second-order valence-corrected chi connectivity index (χ2v) is 12.9. The summed E-state index contributed by atoms with van der Waals surface area (Å²) in [5.74, 6) is 0. The lowest BCUT2D eigenvalue weighted by molar-refractivity contribution is 0.282. The highest BCUT2D eigenvalue weighted by Gasteiger charge is 2.17. The molecule has 0 spiro atoms. The van der Waals surface area contributed by atoms with Crippen LogP contribution in [0.1, 0.15) is 5.56 Å². The maximum Gasteiger partial charge on any atom is 0.114 e. The van der Waals surface area contributed by atoms with Crippen LogP contribution in [0.3, 0.4) is 0 Å². The quantitative estimate of drug-likeness (QED) is 0.193. The molecule has 0 aliphatic rings. The van der Waals surface area contributed by atoms with Crippen LogP contribution in [-0.4, -0.2) is 23.8 Å². The minimum absolute atomic E-state index is 0.0474. The third kappa shape index (κ3) is 4.35. The Hall–Kier alpha value is -6.08. The van der Waals surface area contributed by atoms with Crippen molar-refractivity contribution in [1.82, 2.24) is 18.7 Å². The minimum atomic E-state index is -0.0474. The predicted octanol–water partition coefficient (Wildman–Crippen LogP) is 10.7. The number of hydrogen-bond acceptors (Lipinski definition) is 6. The number of pyridine rings is 2. The molecule has 0 atom stereocenters. The van der Waals surface area contributed by atoms with Gasteiger partial charge < -0.3 is 5.11 Å². The highest BCUT2D eigenvalue weighted by atomic mass is 32.1. The summed E-state index contributed by atoms with van der Waals surface area (Å²) in [6.07, 6.45) is 0. The van der Waals surface area contributed by atoms with Gasteiger partial charge in [0.25, 0.3) is 0 Å². The summed E-state index contributed by atoms with van der Waals surface area (Å²) in [6.45, 7) is -0.0474. The van der Waals surface area contributed by atoms with E-state index in [9.17, 15) is 5.11 Å². The van der Waals surface area contributed by atoms with E-state index in [0.29, 0.717) is 0 Å². The Kier molecular flexibility index (Phi) is 6.28. The number of aliphatic hydroxyl groups is 1. The van der Waals surface area contributed by atoms with Crippen LogP contribution in [0.4, 0.5) is 0 Å². The van der Waals surface area contributed by atoms with E-state index < -0.39 is 0 Å². The van der Waals surface area contributed by atoms with Crippen LogP contribution in [0.5, 0.6) is 0 Å². The maximum absolute atomic E-state index is 9.96. The van der Waals surface area contributed by atoms with Crippen LogP contribution in [0.2, 0.25) is 0 Å². The summed E-state index contributed by atoms with van der Waals surface area (Å²) >= 11 is 1.23. The van der Waals surface area contributed by atoms with Crippen molar-refractivity contribution in [2.75, 3.05) is 0 Å². The molecular weight excluding hydrogens is 621 g/mol. The lowest BCUT2D eigenvalue weighted by Gasteiger charge is -2.13. The van der Waals surface area contributed by atoms with Crippen molar-refractivity contribution in [2.24, 2.45) is 0 Å². The molecule has 0 unspecified atom stereocenters. The fraction of sp³-hybridized carbons (Fsp3) is 0.0233. The Labute approximate surface area is 285 Å². The van der Waals surface area contributed by atoms with Gasteiger partial charge in [0, 0.05) is 27.5 Å². The van der Waals surface area contributed by atoms with E-state index in [0.717, 1.165) is 72.0 Å². The number of aromatic nitrogens is 4. The van der Waals surface area contributed by atoms with Gasteiger partial charge in [-0.2, -0.15) is 8.75 Å². The highest BCUT2D eigenvalue weighted by Crippen LogP contribution is 2.40. The number of benzene rings is 7. The molecule has 0 saturated carbocycles. The van der Waals surface area contributed by atoms with E-state index in [4.69, 9.17) is 18.7 Å². The zero-order valence-corrected chi connectivity index (χ0v) is 26.9. The number of fused-ring (bicyclic) bond motifs is 10. The normalized spacial score (nSPS) is 11.9. The monoisotopic (exact) mass is 646 g/mol. The standard InChI is InChI=1S/C43H26N4OS/c48-24-28-7-1-2-8-29(28)38-21-16-25-13-14-26-17-22-39(45-41(26)40(25)44-38)36-20-19-30(42-43(36)47-49-46-42)27-15-18-35-33-11-4-3-9-31(33)32-10-5-6-12-34(32)37(35)23-27/h1-23,48H,24H2. The Morgan fingerprint density at radius 1 is 0.429 bits per heavy atom. The molecule has 230 valence electrons. The molecule has 0 bridgehead atoms. The van der Waals surface area contributed by atoms with Crippen molar-refractivity contribution in [3.05, 3.63) is 145 Å². The van der Waals surface area contributed by atoms with Crippen LogP contribution in [-0.2, 0) is 6.61 Å². The van der Waals surface area contributed by atoms with Crippen molar-refractivity contribution in [2.45, 2.75) is 6.61 Å². The molecule has 0 aliphatic heterocycles. The molecule has 0 amide bonds. The lowest BCUT2D eigenvalue weighted by atomic mass is 9.91. The SMILES string of the molecule is OCc1ccccc1-c1ccc2ccc3ccc(-c4ccc(-c5ccc6c7ccccc7c7ccccc7c6c5)c5nsnc45)nc3c2n1. The van der Waals surface area contributed by atoms with Gasteiger partial charge in [-0.15, -0.1) is 0 Å². The number of aliphatic hydroxyl groups excluding tert-OH is 1. The fourth-order valence-electron chi connectivity index (χ4n) is 7.36. The summed E-state index contributed by atoms with van der Waals surface area (Å²) in [4.78, 5) is 10.3. The van der Waals surface area contributed by atoms with Gasteiger partial charge in [0.15, 0.2) is 0 Å². The molecule has 5 nitrogen and oxygen atoms in total. The molecule has 10 rings (SSSR count). The van der Waals surface area contributed by atoms with E-state index in [1.165, 1.54) is 44.0 Å². The van der Waals surface area contributed by atoms with Crippen LogP contribution < -0.4 is 0 Å². The first-order chi connectivity index (χ1) is 24.2. The van der Waals surface area contributed by atoms with Crippen LogP contribution in [0.25, 0.3) is 98.8 Å². The van der Waals surface area contributed by atoms with Gasteiger partial charge in [-0.1, -0.05) is 115 Å². The van der Waals surface area contributed by atoms with Crippen LogP contribution >= 0.6 is 11.7 Å². The van der Waals surface area contributed by atoms with Crippen molar-refractivity contribution in [1.29, 1.82) is 0 Å². The first kappa shape index (κ1) is 28.0. The number of rotatable bonds is 4. The van der Waals surface area contributed by atoms with E-state index in [2.05, 4.69) is 109 Å².